The molecule has 0 saturated heterocycles. The molecule has 31 heavy (non-hydrogen) atoms. The molecule has 0 radical (unpaired) electrons. The standard InChI is InChI=1S/C24H29N5OS/c1-4-7-16-31-24-26-23-21(27-28-24)19-10-8-9-11-20(19)25-22(30-23)17-12-14-18(15-13-17)29(5-2)6-3/h8-15,22,25H,4-7,16H2,1-3H3/t22-/m0/s1. The number of ether oxygens (including phenoxy) is 1. The second-order valence-electron chi connectivity index (χ2n) is 7.40. The van der Waals surface area contributed by atoms with Gasteiger partial charge in [0.1, 0.15) is 0 Å². The van der Waals surface area contributed by atoms with E-state index in [0.29, 0.717) is 16.7 Å². The molecule has 0 saturated carbocycles. The Hall–Kier alpha value is -2.80. The normalized spacial score (nSPS) is 14.6. The molecule has 0 fully saturated rings. The maximum atomic E-state index is 6.37. The fourth-order valence-electron chi connectivity index (χ4n) is 3.62. The smallest absolute Gasteiger partial charge is 0.247 e. The number of benzene rings is 2. The molecule has 0 aliphatic carbocycles. The molecule has 4 rings (SSSR count). The highest BCUT2D eigenvalue weighted by Crippen LogP contribution is 2.39. The average molecular weight is 436 g/mol. The largest absolute Gasteiger partial charge is 0.448 e. The molecule has 162 valence electrons. The first-order valence-corrected chi connectivity index (χ1v) is 12.0. The Morgan fingerprint density at radius 1 is 1.00 bits per heavy atom. The van der Waals surface area contributed by atoms with Crippen molar-refractivity contribution in [3.8, 4) is 17.1 Å². The number of hydrogen-bond acceptors (Lipinski definition) is 7. The molecule has 0 unspecified atom stereocenters. The molecular formula is C24H29N5OS. The highest BCUT2D eigenvalue weighted by atomic mass is 32.2. The van der Waals surface area contributed by atoms with Crippen LogP contribution in [0.5, 0.6) is 5.88 Å². The predicted molar refractivity (Wildman–Crippen MR) is 128 cm³/mol. The van der Waals surface area contributed by atoms with Gasteiger partial charge in [-0.05, 0) is 38.5 Å². The van der Waals surface area contributed by atoms with Crippen LogP contribution in [0.4, 0.5) is 11.4 Å². The molecule has 7 heteroatoms. The average Bonchev–Trinajstić information content (AvgIpc) is 2.97. The van der Waals surface area contributed by atoms with E-state index < -0.39 is 0 Å². The predicted octanol–water partition coefficient (Wildman–Crippen LogP) is 5.78. The number of nitrogens with one attached hydrogen (secondary N) is 1. The molecule has 2 aromatic carbocycles. The van der Waals surface area contributed by atoms with Crippen LogP contribution in [0.1, 0.15) is 45.4 Å². The van der Waals surface area contributed by atoms with E-state index in [-0.39, 0.29) is 6.23 Å². The van der Waals surface area contributed by atoms with Gasteiger partial charge in [-0.2, -0.15) is 4.98 Å². The zero-order chi connectivity index (χ0) is 21.6. The second kappa shape index (κ2) is 10.0. The minimum absolute atomic E-state index is 0.363. The number of para-hydroxylation sites is 1. The van der Waals surface area contributed by atoms with Gasteiger partial charge in [0.2, 0.25) is 11.0 Å². The van der Waals surface area contributed by atoms with Gasteiger partial charge in [-0.3, -0.25) is 0 Å². The van der Waals surface area contributed by atoms with Crippen LogP contribution in [0.25, 0.3) is 11.3 Å². The minimum atomic E-state index is -0.363. The number of anilines is 2. The van der Waals surface area contributed by atoms with Gasteiger partial charge < -0.3 is 15.0 Å². The van der Waals surface area contributed by atoms with Gasteiger partial charge in [0.05, 0.1) is 0 Å². The van der Waals surface area contributed by atoms with Crippen molar-refractivity contribution in [2.45, 2.75) is 45.0 Å². The van der Waals surface area contributed by atoms with E-state index in [1.165, 1.54) is 5.69 Å². The quantitative estimate of drug-likeness (QED) is 0.355. The maximum Gasteiger partial charge on any atom is 0.247 e. The number of thioether (sulfide) groups is 1. The number of nitrogens with zero attached hydrogens (tertiary/aromatic N) is 4. The third-order valence-corrected chi connectivity index (χ3v) is 6.31. The lowest BCUT2D eigenvalue weighted by atomic mass is 10.1. The summed E-state index contributed by atoms with van der Waals surface area (Å²) in [6, 6.07) is 16.6. The lowest BCUT2D eigenvalue weighted by Gasteiger charge is -2.23. The second-order valence-corrected chi connectivity index (χ2v) is 8.46. The van der Waals surface area contributed by atoms with E-state index in [0.717, 1.165) is 48.5 Å². The molecule has 1 aromatic heterocycles. The number of hydrogen-bond donors (Lipinski definition) is 1. The molecular weight excluding hydrogens is 406 g/mol. The Labute approximate surface area is 188 Å². The van der Waals surface area contributed by atoms with Gasteiger partial charge in [-0.15, -0.1) is 10.2 Å². The number of unbranched alkanes of at least 4 members (excludes halogenated alkanes) is 1. The van der Waals surface area contributed by atoms with Crippen molar-refractivity contribution in [1.82, 2.24) is 15.2 Å². The van der Waals surface area contributed by atoms with Crippen LogP contribution >= 0.6 is 11.8 Å². The lowest BCUT2D eigenvalue weighted by molar-refractivity contribution is 0.225. The molecule has 3 aromatic rings. The summed E-state index contributed by atoms with van der Waals surface area (Å²) in [5.74, 6) is 1.49. The first-order chi connectivity index (χ1) is 15.2. The number of aromatic nitrogens is 3. The van der Waals surface area contributed by atoms with Crippen LogP contribution in [0.15, 0.2) is 53.7 Å². The summed E-state index contributed by atoms with van der Waals surface area (Å²) in [4.78, 5) is 7.04. The topological polar surface area (TPSA) is 63.2 Å². The van der Waals surface area contributed by atoms with Crippen molar-refractivity contribution in [3.05, 3.63) is 54.1 Å². The van der Waals surface area contributed by atoms with E-state index in [1.807, 2.05) is 24.3 Å². The highest BCUT2D eigenvalue weighted by Gasteiger charge is 2.26. The van der Waals surface area contributed by atoms with E-state index in [1.54, 1.807) is 11.8 Å². The van der Waals surface area contributed by atoms with Gasteiger partial charge in [0.25, 0.3) is 0 Å². The van der Waals surface area contributed by atoms with Gasteiger partial charge in [0, 0.05) is 41.3 Å². The molecule has 0 spiro atoms. The monoisotopic (exact) mass is 435 g/mol. The molecule has 6 nitrogen and oxygen atoms in total. The molecule has 2 heterocycles. The summed E-state index contributed by atoms with van der Waals surface area (Å²) in [7, 11) is 0. The molecule has 0 amide bonds. The molecule has 1 aliphatic heterocycles. The van der Waals surface area contributed by atoms with Gasteiger partial charge >= 0.3 is 0 Å². The lowest BCUT2D eigenvalue weighted by Crippen LogP contribution is -2.22. The molecule has 1 aliphatic rings. The van der Waals surface area contributed by atoms with E-state index in [9.17, 15) is 0 Å². The Bertz CT molecular complexity index is 1010. The third kappa shape index (κ3) is 4.77. The van der Waals surface area contributed by atoms with Crippen LogP contribution in [0, 0.1) is 0 Å². The van der Waals surface area contributed by atoms with E-state index >= 15 is 0 Å². The third-order valence-electron chi connectivity index (χ3n) is 5.39. The maximum absolute atomic E-state index is 6.37. The number of fused-ring (bicyclic) bond motifs is 3. The summed E-state index contributed by atoms with van der Waals surface area (Å²) in [5, 5.41) is 13.0. The van der Waals surface area contributed by atoms with E-state index in [4.69, 9.17) is 9.72 Å². The van der Waals surface area contributed by atoms with Crippen LogP contribution in [-0.2, 0) is 0 Å². The summed E-state index contributed by atoms with van der Waals surface area (Å²) >= 11 is 1.62. The van der Waals surface area contributed by atoms with Crippen LogP contribution < -0.4 is 15.0 Å². The Morgan fingerprint density at radius 3 is 2.52 bits per heavy atom. The highest BCUT2D eigenvalue weighted by molar-refractivity contribution is 7.99. The van der Waals surface area contributed by atoms with Crippen molar-refractivity contribution in [2.75, 3.05) is 29.1 Å². The zero-order valence-electron chi connectivity index (χ0n) is 18.3. The van der Waals surface area contributed by atoms with Gasteiger partial charge in [-0.1, -0.05) is 55.4 Å². The van der Waals surface area contributed by atoms with Gasteiger partial charge in [-0.25, -0.2) is 0 Å². The van der Waals surface area contributed by atoms with Crippen molar-refractivity contribution in [3.63, 3.8) is 0 Å². The van der Waals surface area contributed by atoms with Gasteiger partial charge in [0.15, 0.2) is 11.9 Å². The van der Waals surface area contributed by atoms with Crippen LogP contribution in [0.3, 0.4) is 0 Å². The Morgan fingerprint density at radius 2 is 1.77 bits per heavy atom. The zero-order valence-corrected chi connectivity index (χ0v) is 19.2. The Kier molecular flexibility index (Phi) is 6.92. The van der Waals surface area contributed by atoms with Crippen molar-refractivity contribution in [2.24, 2.45) is 0 Å². The first kappa shape index (κ1) is 21.4. The first-order valence-electron chi connectivity index (χ1n) is 11.0. The molecule has 1 N–H and O–H groups in total. The molecule has 1 atom stereocenters. The number of rotatable bonds is 8. The summed E-state index contributed by atoms with van der Waals surface area (Å²) in [5.41, 5.74) is 4.83. The summed E-state index contributed by atoms with van der Waals surface area (Å²) in [6.07, 6.45) is 1.90. The van der Waals surface area contributed by atoms with Crippen molar-refractivity contribution in [1.29, 1.82) is 0 Å². The van der Waals surface area contributed by atoms with E-state index in [2.05, 4.69) is 65.5 Å². The SMILES string of the molecule is CCCCSc1nnc2c(n1)O[C@@H](c1ccc(N(CC)CC)cc1)Nc1ccccc1-2. The summed E-state index contributed by atoms with van der Waals surface area (Å²) < 4.78 is 6.37. The fourth-order valence-corrected chi connectivity index (χ4v) is 4.48. The van der Waals surface area contributed by atoms with Crippen molar-refractivity contribution < 1.29 is 4.74 Å². The Balaban J connectivity index is 1.67. The van der Waals surface area contributed by atoms with Crippen LogP contribution in [-0.4, -0.2) is 34.0 Å². The fraction of sp³-hybridized carbons (Fsp3) is 0.375. The molecule has 0 bridgehead atoms. The van der Waals surface area contributed by atoms with Crippen molar-refractivity contribution >= 4 is 23.1 Å². The summed E-state index contributed by atoms with van der Waals surface area (Å²) in [6.45, 7) is 8.48. The minimum Gasteiger partial charge on any atom is -0.448 e. The van der Waals surface area contributed by atoms with Crippen LogP contribution in [0.2, 0.25) is 0 Å².